The summed E-state index contributed by atoms with van der Waals surface area (Å²) in [4.78, 5) is 29.2. The van der Waals surface area contributed by atoms with E-state index >= 15 is 0 Å². The number of nitrogens with zero attached hydrogens (tertiary/aromatic N) is 1. The highest BCUT2D eigenvalue weighted by Crippen LogP contribution is 2.38. The molecule has 30 heavy (non-hydrogen) atoms. The number of esters is 1. The molecule has 1 aromatic carbocycles. The normalized spacial score (nSPS) is 17.4. The number of carbonyl (C=O) groups excluding carboxylic acids is 2. The van der Waals surface area contributed by atoms with Gasteiger partial charge in [-0.3, -0.25) is 9.69 Å². The van der Waals surface area contributed by atoms with Gasteiger partial charge < -0.3 is 10.1 Å². The van der Waals surface area contributed by atoms with Gasteiger partial charge in [-0.1, -0.05) is 49.6 Å². The average Bonchev–Trinajstić information content (AvgIpc) is 3.12. The number of hydrogen-bond acceptors (Lipinski definition) is 5. The van der Waals surface area contributed by atoms with Crippen LogP contribution in [0, 0.1) is 5.92 Å². The third-order valence-electron chi connectivity index (χ3n) is 6.08. The molecule has 2 heterocycles. The predicted molar refractivity (Wildman–Crippen MR) is 120 cm³/mol. The van der Waals surface area contributed by atoms with Crippen LogP contribution >= 0.6 is 11.3 Å². The molecule has 0 saturated heterocycles. The summed E-state index contributed by atoms with van der Waals surface area (Å²) in [5, 5.41) is 3.78. The standard InChI is InChI=1S/C24H30N2O3S/c1-2-29-24(28)21-19-13-14-26(15-17-9-5-3-6-10-17)16-20(19)30-23(21)25-22(27)18-11-7-4-8-12-18/h3,5-6,9-10,18H,2,4,7-8,11-16H2,1H3,(H,25,27). The van der Waals surface area contributed by atoms with Crippen LogP contribution in [0.25, 0.3) is 0 Å². The van der Waals surface area contributed by atoms with Crippen LogP contribution in [0.15, 0.2) is 30.3 Å². The molecule has 4 rings (SSSR count). The van der Waals surface area contributed by atoms with Crippen molar-refractivity contribution in [2.45, 2.75) is 58.5 Å². The number of ether oxygens (including phenoxy) is 1. The summed E-state index contributed by atoms with van der Waals surface area (Å²) in [7, 11) is 0. The van der Waals surface area contributed by atoms with Crippen molar-refractivity contribution in [2.75, 3.05) is 18.5 Å². The SMILES string of the molecule is CCOC(=O)c1c(NC(=O)C2CCCCC2)sc2c1CCN(Cc1ccccc1)C2. The van der Waals surface area contributed by atoms with Gasteiger partial charge >= 0.3 is 5.97 Å². The Morgan fingerprint density at radius 2 is 1.93 bits per heavy atom. The van der Waals surface area contributed by atoms with Crippen LogP contribution in [0.4, 0.5) is 5.00 Å². The summed E-state index contributed by atoms with van der Waals surface area (Å²) in [6.45, 7) is 4.72. The lowest BCUT2D eigenvalue weighted by molar-refractivity contribution is -0.120. The molecular weight excluding hydrogens is 396 g/mol. The van der Waals surface area contributed by atoms with Gasteiger partial charge in [0, 0.05) is 30.4 Å². The molecule has 0 unspecified atom stereocenters. The van der Waals surface area contributed by atoms with E-state index in [9.17, 15) is 9.59 Å². The number of amides is 1. The van der Waals surface area contributed by atoms with Crippen LogP contribution in [0.5, 0.6) is 0 Å². The molecule has 1 N–H and O–H groups in total. The molecular formula is C24H30N2O3S. The first kappa shape index (κ1) is 21.1. The molecule has 2 aromatic rings. The predicted octanol–water partition coefficient (Wildman–Crippen LogP) is 5.00. The fraction of sp³-hybridized carbons (Fsp3) is 0.500. The van der Waals surface area contributed by atoms with E-state index in [0.29, 0.717) is 17.2 Å². The van der Waals surface area contributed by atoms with Crippen molar-refractivity contribution in [1.82, 2.24) is 4.90 Å². The maximum atomic E-state index is 12.9. The highest BCUT2D eigenvalue weighted by atomic mass is 32.1. The van der Waals surface area contributed by atoms with Gasteiger partial charge in [0.15, 0.2) is 0 Å². The van der Waals surface area contributed by atoms with Crippen LogP contribution in [0.3, 0.4) is 0 Å². The van der Waals surface area contributed by atoms with E-state index < -0.39 is 0 Å². The Bertz CT molecular complexity index is 887. The summed E-state index contributed by atoms with van der Waals surface area (Å²) in [5.74, 6) is -0.201. The topological polar surface area (TPSA) is 58.6 Å². The second-order valence-electron chi connectivity index (χ2n) is 8.20. The molecule has 5 nitrogen and oxygen atoms in total. The molecule has 0 atom stereocenters. The fourth-order valence-corrected chi connectivity index (χ4v) is 5.80. The van der Waals surface area contributed by atoms with Crippen molar-refractivity contribution in [2.24, 2.45) is 5.92 Å². The second kappa shape index (κ2) is 9.75. The van der Waals surface area contributed by atoms with E-state index in [0.717, 1.165) is 57.3 Å². The Morgan fingerprint density at radius 3 is 2.67 bits per heavy atom. The zero-order chi connectivity index (χ0) is 20.9. The first-order valence-corrected chi connectivity index (χ1v) is 11.9. The van der Waals surface area contributed by atoms with Gasteiger partial charge in [-0.15, -0.1) is 11.3 Å². The number of hydrogen-bond donors (Lipinski definition) is 1. The molecule has 1 aliphatic carbocycles. The molecule has 1 fully saturated rings. The second-order valence-corrected chi connectivity index (χ2v) is 9.30. The maximum Gasteiger partial charge on any atom is 0.341 e. The van der Waals surface area contributed by atoms with E-state index in [-0.39, 0.29) is 17.8 Å². The van der Waals surface area contributed by atoms with Crippen molar-refractivity contribution in [1.29, 1.82) is 0 Å². The van der Waals surface area contributed by atoms with Crippen molar-refractivity contribution in [3.8, 4) is 0 Å². The molecule has 0 bridgehead atoms. The van der Waals surface area contributed by atoms with Crippen LogP contribution in [-0.2, 0) is 29.0 Å². The number of carbonyl (C=O) groups is 2. The van der Waals surface area contributed by atoms with Crippen molar-refractivity contribution >= 4 is 28.2 Å². The minimum atomic E-state index is -0.314. The summed E-state index contributed by atoms with van der Waals surface area (Å²) in [6, 6.07) is 10.4. The van der Waals surface area contributed by atoms with Crippen molar-refractivity contribution < 1.29 is 14.3 Å². The summed E-state index contributed by atoms with van der Waals surface area (Å²) >= 11 is 1.55. The summed E-state index contributed by atoms with van der Waals surface area (Å²) in [5.41, 5.74) is 2.93. The Hall–Kier alpha value is -2.18. The number of fused-ring (bicyclic) bond motifs is 1. The Morgan fingerprint density at radius 1 is 1.17 bits per heavy atom. The largest absolute Gasteiger partial charge is 0.462 e. The van der Waals surface area contributed by atoms with Crippen LogP contribution in [-0.4, -0.2) is 29.9 Å². The zero-order valence-electron chi connectivity index (χ0n) is 17.6. The Kier molecular flexibility index (Phi) is 6.85. The molecule has 160 valence electrons. The highest BCUT2D eigenvalue weighted by Gasteiger charge is 2.31. The van der Waals surface area contributed by atoms with Gasteiger partial charge in [0.05, 0.1) is 12.2 Å². The van der Waals surface area contributed by atoms with Crippen LogP contribution in [0.1, 0.15) is 65.4 Å². The van der Waals surface area contributed by atoms with Crippen molar-refractivity contribution in [3.05, 3.63) is 51.9 Å². The summed E-state index contributed by atoms with van der Waals surface area (Å²) < 4.78 is 5.35. The van der Waals surface area contributed by atoms with Crippen LogP contribution < -0.4 is 5.32 Å². The third-order valence-corrected chi connectivity index (χ3v) is 7.21. The third kappa shape index (κ3) is 4.76. The quantitative estimate of drug-likeness (QED) is 0.660. The lowest BCUT2D eigenvalue weighted by Gasteiger charge is -2.27. The minimum Gasteiger partial charge on any atom is -0.462 e. The average molecular weight is 427 g/mol. The minimum absolute atomic E-state index is 0.0555. The molecule has 1 aliphatic heterocycles. The molecule has 0 radical (unpaired) electrons. The van der Waals surface area contributed by atoms with Gasteiger partial charge in [-0.25, -0.2) is 4.79 Å². The molecule has 1 aromatic heterocycles. The number of benzene rings is 1. The maximum absolute atomic E-state index is 12.9. The van der Waals surface area contributed by atoms with Gasteiger partial charge in [0.2, 0.25) is 5.91 Å². The lowest BCUT2D eigenvalue weighted by Crippen LogP contribution is -2.30. The number of rotatable bonds is 6. The van der Waals surface area contributed by atoms with E-state index in [1.807, 2.05) is 13.0 Å². The molecule has 1 amide bonds. The number of anilines is 1. The van der Waals surface area contributed by atoms with E-state index in [2.05, 4.69) is 34.5 Å². The molecule has 2 aliphatic rings. The van der Waals surface area contributed by atoms with E-state index in [4.69, 9.17) is 4.74 Å². The van der Waals surface area contributed by atoms with Gasteiger partial charge in [-0.2, -0.15) is 0 Å². The lowest BCUT2D eigenvalue weighted by atomic mass is 9.88. The van der Waals surface area contributed by atoms with Gasteiger partial charge in [0.1, 0.15) is 5.00 Å². The fourth-order valence-electron chi connectivity index (χ4n) is 4.52. The zero-order valence-corrected chi connectivity index (χ0v) is 18.4. The molecule has 6 heteroatoms. The van der Waals surface area contributed by atoms with E-state index in [1.54, 1.807) is 11.3 Å². The Balaban J connectivity index is 1.54. The Labute approximate surface area is 182 Å². The smallest absolute Gasteiger partial charge is 0.341 e. The number of nitrogens with one attached hydrogen (secondary N) is 1. The first-order chi connectivity index (χ1) is 14.7. The highest BCUT2D eigenvalue weighted by molar-refractivity contribution is 7.17. The first-order valence-electron chi connectivity index (χ1n) is 11.0. The van der Waals surface area contributed by atoms with Gasteiger partial charge in [0.25, 0.3) is 0 Å². The van der Waals surface area contributed by atoms with Crippen LogP contribution in [0.2, 0.25) is 0 Å². The van der Waals surface area contributed by atoms with Gasteiger partial charge in [-0.05, 0) is 37.3 Å². The van der Waals surface area contributed by atoms with Crippen molar-refractivity contribution in [3.63, 3.8) is 0 Å². The number of thiophene rings is 1. The van der Waals surface area contributed by atoms with E-state index in [1.165, 1.54) is 16.9 Å². The summed E-state index contributed by atoms with van der Waals surface area (Å²) in [6.07, 6.45) is 6.11. The monoisotopic (exact) mass is 426 g/mol. The molecule has 1 saturated carbocycles. The molecule has 0 spiro atoms.